The van der Waals surface area contributed by atoms with Crippen LogP contribution in [0.5, 0.6) is 0 Å². The Balaban J connectivity index is 1.35. The summed E-state index contributed by atoms with van der Waals surface area (Å²) in [4.78, 5) is 33.9. The van der Waals surface area contributed by atoms with Gasteiger partial charge in [-0.15, -0.1) is 0 Å². The van der Waals surface area contributed by atoms with Crippen LogP contribution in [-0.4, -0.2) is 61.1 Å². The first-order valence-corrected chi connectivity index (χ1v) is 11.8. The van der Waals surface area contributed by atoms with Crippen LogP contribution in [0.1, 0.15) is 50.5 Å². The smallest absolute Gasteiger partial charge is 0.224 e. The van der Waals surface area contributed by atoms with Gasteiger partial charge in [0.25, 0.3) is 0 Å². The predicted molar refractivity (Wildman–Crippen MR) is 127 cm³/mol. The Morgan fingerprint density at radius 2 is 1.88 bits per heavy atom. The Hall–Kier alpha value is -2.67. The van der Waals surface area contributed by atoms with Gasteiger partial charge in [0.15, 0.2) is 0 Å². The Labute approximate surface area is 190 Å². The number of benzene rings is 1. The lowest BCUT2D eigenvalue weighted by atomic mass is 9.94. The number of aromatic nitrogens is 1. The number of carbonyl (C=O) groups excluding carboxylic acids is 2. The largest absolute Gasteiger partial charge is 0.378 e. The van der Waals surface area contributed by atoms with Gasteiger partial charge >= 0.3 is 0 Å². The summed E-state index contributed by atoms with van der Waals surface area (Å²) in [6.45, 7) is 5.21. The fourth-order valence-electron chi connectivity index (χ4n) is 4.70. The van der Waals surface area contributed by atoms with Gasteiger partial charge in [-0.2, -0.15) is 0 Å². The molecule has 0 atom stereocenters. The molecule has 1 aromatic heterocycles. The topological polar surface area (TPSA) is 74.8 Å². The molecule has 1 saturated heterocycles. The van der Waals surface area contributed by atoms with Crippen LogP contribution >= 0.6 is 0 Å². The molecule has 7 nitrogen and oxygen atoms in total. The summed E-state index contributed by atoms with van der Waals surface area (Å²) in [6.07, 6.45) is 6.23. The van der Waals surface area contributed by atoms with Gasteiger partial charge in [0, 0.05) is 50.1 Å². The Morgan fingerprint density at radius 3 is 2.62 bits per heavy atom. The number of hydrogen-bond donors (Lipinski definition) is 1. The summed E-state index contributed by atoms with van der Waals surface area (Å²) in [7, 11) is 1.88. The van der Waals surface area contributed by atoms with E-state index < -0.39 is 0 Å². The van der Waals surface area contributed by atoms with Crippen molar-refractivity contribution in [1.29, 1.82) is 0 Å². The van der Waals surface area contributed by atoms with Crippen molar-refractivity contribution in [3.05, 3.63) is 29.8 Å². The molecule has 1 aliphatic heterocycles. The number of morpholine rings is 1. The monoisotopic (exact) mass is 438 g/mol. The van der Waals surface area contributed by atoms with Crippen LogP contribution in [-0.2, 0) is 14.3 Å². The molecule has 4 rings (SSSR count). The zero-order valence-corrected chi connectivity index (χ0v) is 19.2. The van der Waals surface area contributed by atoms with Crippen LogP contribution < -0.4 is 10.2 Å². The highest BCUT2D eigenvalue weighted by Crippen LogP contribution is 2.26. The molecule has 0 radical (unpaired) electrons. The second-order valence-corrected chi connectivity index (χ2v) is 8.97. The summed E-state index contributed by atoms with van der Waals surface area (Å²) in [6, 6.07) is 8.22. The SMILES string of the molecule is Cc1cc(N2CCOCC2)nc2ccc(NC(=O)CCC(=O)N(C)C3CCCCC3)cc12. The minimum Gasteiger partial charge on any atom is -0.378 e. The van der Waals surface area contributed by atoms with E-state index in [2.05, 4.69) is 23.2 Å². The first kappa shape index (κ1) is 22.5. The van der Waals surface area contributed by atoms with Crippen molar-refractivity contribution in [2.45, 2.75) is 57.9 Å². The molecule has 0 unspecified atom stereocenters. The lowest BCUT2D eigenvalue weighted by Crippen LogP contribution is -2.38. The van der Waals surface area contributed by atoms with Gasteiger partial charge in [-0.3, -0.25) is 9.59 Å². The molecular formula is C25H34N4O3. The number of aryl methyl sites for hydroxylation is 1. The fraction of sp³-hybridized carbons (Fsp3) is 0.560. The van der Waals surface area contributed by atoms with E-state index >= 15 is 0 Å². The normalized spacial score (nSPS) is 17.4. The van der Waals surface area contributed by atoms with E-state index in [1.165, 1.54) is 19.3 Å². The quantitative estimate of drug-likeness (QED) is 0.741. The maximum atomic E-state index is 12.5. The lowest BCUT2D eigenvalue weighted by molar-refractivity contribution is -0.134. The number of ether oxygens (including phenoxy) is 1. The molecule has 1 aliphatic carbocycles. The summed E-state index contributed by atoms with van der Waals surface area (Å²) >= 11 is 0. The van der Waals surface area contributed by atoms with Crippen LogP contribution in [0.25, 0.3) is 10.9 Å². The molecule has 2 aliphatic rings. The highest BCUT2D eigenvalue weighted by Gasteiger charge is 2.22. The zero-order chi connectivity index (χ0) is 22.5. The molecule has 7 heteroatoms. The van der Waals surface area contributed by atoms with E-state index in [1.807, 2.05) is 30.1 Å². The highest BCUT2D eigenvalue weighted by molar-refractivity contribution is 5.96. The number of fused-ring (bicyclic) bond motifs is 1. The van der Waals surface area contributed by atoms with Crippen molar-refractivity contribution in [2.24, 2.45) is 0 Å². The van der Waals surface area contributed by atoms with Gasteiger partial charge in [-0.25, -0.2) is 4.98 Å². The molecule has 2 heterocycles. The number of pyridine rings is 1. The van der Waals surface area contributed by atoms with Gasteiger partial charge < -0.3 is 19.9 Å². The second-order valence-electron chi connectivity index (χ2n) is 8.97. The summed E-state index contributed by atoms with van der Waals surface area (Å²) in [5.74, 6) is 0.891. The number of nitrogens with one attached hydrogen (secondary N) is 1. The van der Waals surface area contributed by atoms with Gasteiger partial charge in [-0.1, -0.05) is 19.3 Å². The van der Waals surface area contributed by atoms with Crippen LogP contribution in [0.15, 0.2) is 24.3 Å². The Kier molecular flexibility index (Phi) is 7.25. The molecular weight excluding hydrogens is 404 g/mol. The molecule has 1 N–H and O–H groups in total. The molecule has 0 bridgehead atoms. The van der Waals surface area contributed by atoms with Crippen molar-refractivity contribution >= 4 is 34.2 Å². The number of carbonyl (C=O) groups is 2. The van der Waals surface area contributed by atoms with Gasteiger partial charge in [0.1, 0.15) is 5.82 Å². The van der Waals surface area contributed by atoms with Gasteiger partial charge in [0.2, 0.25) is 11.8 Å². The number of nitrogens with zero attached hydrogens (tertiary/aromatic N) is 3. The van der Waals surface area contributed by atoms with Crippen molar-refractivity contribution in [1.82, 2.24) is 9.88 Å². The summed E-state index contributed by atoms with van der Waals surface area (Å²) in [5, 5.41) is 3.97. The maximum Gasteiger partial charge on any atom is 0.224 e. The zero-order valence-electron chi connectivity index (χ0n) is 19.2. The van der Waals surface area contributed by atoms with Crippen molar-refractivity contribution in [3.63, 3.8) is 0 Å². The number of rotatable bonds is 6. The lowest BCUT2D eigenvalue weighted by Gasteiger charge is -2.31. The van der Waals surface area contributed by atoms with Gasteiger partial charge in [-0.05, 0) is 49.6 Å². The van der Waals surface area contributed by atoms with Crippen molar-refractivity contribution < 1.29 is 14.3 Å². The molecule has 2 fully saturated rings. The standard InChI is InChI=1S/C25H34N4O3/c1-18-16-23(29-12-14-32-15-13-29)27-22-9-8-19(17-21(18)22)26-24(30)10-11-25(31)28(2)20-6-4-3-5-7-20/h8-9,16-17,20H,3-7,10-15H2,1-2H3,(H,26,30). The average molecular weight is 439 g/mol. The number of anilines is 2. The van der Waals surface area contributed by atoms with Crippen molar-refractivity contribution in [3.8, 4) is 0 Å². The van der Waals surface area contributed by atoms with Crippen LogP contribution in [0.2, 0.25) is 0 Å². The predicted octanol–water partition coefficient (Wildman–Crippen LogP) is 3.89. The molecule has 1 aromatic carbocycles. The third-order valence-electron chi connectivity index (χ3n) is 6.70. The summed E-state index contributed by atoms with van der Waals surface area (Å²) in [5.41, 5.74) is 2.77. The van der Waals surface area contributed by atoms with E-state index in [4.69, 9.17) is 9.72 Å². The van der Waals surface area contributed by atoms with Crippen LogP contribution in [0.4, 0.5) is 11.5 Å². The third kappa shape index (κ3) is 5.38. The number of amides is 2. The molecule has 32 heavy (non-hydrogen) atoms. The second kappa shape index (κ2) is 10.3. The van der Waals surface area contributed by atoms with Crippen LogP contribution in [0, 0.1) is 6.92 Å². The molecule has 2 amide bonds. The van der Waals surface area contributed by atoms with E-state index in [0.717, 1.165) is 67.1 Å². The Bertz CT molecular complexity index is 965. The third-order valence-corrected chi connectivity index (χ3v) is 6.70. The van der Waals surface area contributed by atoms with Crippen LogP contribution in [0.3, 0.4) is 0 Å². The molecule has 1 saturated carbocycles. The molecule has 0 spiro atoms. The molecule has 2 aromatic rings. The van der Waals surface area contributed by atoms with E-state index in [1.54, 1.807) is 0 Å². The minimum absolute atomic E-state index is 0.0567. The van der Waals surface area contributed by atoms with E-state index in [-0.39, 0.29) is 24.7 Å². The number of hydrogen-bond acceptors (Lipinski definition) is 5. The highest BCUT2D eigenvalue weighted by atomic mass is 16.5. The summed E-state index contributed by atoms with van der Waals surface area (Å²) < 4.78 is 5.44. The van der Waals surface area contributed by atoms with E-state index in [0.29, 0.717) is 6.04 Å². The van der Waals surface area contributed by atoms with Gasteiger partial charge in [0.05, 0.1) is 18.7 Å². The van der Waals surface area contributed by atoms with E-state index in [9.17, 15) is 9.59 Å². The minimum atomic E-state index is -0.134. The maximum absolute atomic E-state index is 12.5. The first-order chi connectivity index (χ1) is 15.5. The fourth-order valence-corrected chi connectivity index (χ4v) is 4.70. The average Bonchev–Trinajstić information content (AvgIpc) is 2.83. The molecule has 172 valence electrons. The van der Waals surface area contributed by atoms with Crippen molar-refractivity contribution in [2.75, 3.05) is 43.6 Å². The first-order valence-electron chi connectivity index (χ1n) is 11.8. The Morgan fingerprint density at radius 1 is 1.12 bits per heavy atom.